The van der Waals surface area contributed by atoms with Crippen molar-refractivity contribution < 1.29 is 14.3 Å². The van der Waals surface area contributed by atoms with E-state index >= 15 is 0 Å². The van der Waals surface area contributed by atoms with Crippen LogP contribution in [0.5, 0.6) is 5.88 Å². The van der Waals surface area contributed by atoms with E-state index in [1.807, 2.05) is 19.9 Å². The van der Waals surface area contributed by atoms with Crippen LogP contribution in [0.3, 0.4) is 0 Å². The highest BCUT2D eigenvalue weighted by molar-refractivity contribution is 5.94. The van der Waals surface area contributed by atoms with Gasteiger partial charge in [0.2, 0.25) is 12.0 Å². The molecule has 5 rings (SSSR count). The van der Waals surface area contributed by atoms with E-state index < -0.39 is 12.0 Å². The summed E-state index contributed by atoms with van der Waals surface area (Å²) in [5.74, 6) is 0.179. The molecule has 1 N–H and O–H groups in total. The SMILES string of the molecule is Cc1cnc(NC(=O)C(COC2CCC2)Oc2ncnc3c2cnn3-c2ccncc2C)cn1. The lowest BCUT2D eigenvalue weighted by Gasteiger charge is -2.27. The minimum atomic E-state index is -0.951. The molecular weight excluding hydrogens is 436 g/mol. The summed E-state index contributed by atoms with van der Waals surface area (Å²) < 4.78 is 13.7. The number of aromatic nitrogens is 7. The van der Waals surface area contributed by atoms with Gasteiger partial charge in [-0.25, -0.2) is 19.6 Å². The molecule has 1 aliphatic rings. The van der Waals surface area contributed by atoms with Gasteiger partial charge in [0, 0.05) is 12.4 Å². The zero-order chi connectivity index (χ0) is 23.5. The molecule has 4 aromatic rings. The molecule has 0 radical (unpaired) electrons. The number of nitrogens with one attached hydrogen (secondary N) is 1. The fourth-order valence-corrected chi connectivity index (χ4v) is 3.52. The summed E-state index contributed by atoms with van der Waals surface area (Å²) in [6.07, 6.45) is 11.8. The highest BCUT2D eigenvalue weighted by atomic mass is 16.5. The van der Waals surface area contributed by atoms with E-state index in [1.54, 1.807) is 29.5 Å². The van der Waals surface area contributed by atoms with Crippen molar-refractivity contribution in [2.75, 3.05) is 11.9 Å². The van der Waals surface area contributed by atoms with E-state index in [4.69, 9.17) is 9.47 Å². The molecule has 4 aromatic heterocycles. The standard InChI is InChI=1S/C23H24N8O3/c1-14-8-24-7-6-18(14)31-21-17(10-29-31)23(28-13-27-21)34-19(12-33-16-4-3-5-16)22(32)30-20-11-25-15(2)9-26-20/h6-11,13,16,19H,3-5,12H2,1-2H3,(H,26,30,32). The number of anilines is 1. The number of carbonyl (C=O) groups excluding carboxylic acids is 1. The highest BCUT2D eigenvalue weighted by Crippen LogP contribution is 2.26. The van der Waals surface area contributed by atoms with Gasteiger partial charge in [-0.05, 0) is 44.7 Å². The van der Waals surface area contributed by atoms with Crippen LogP contribution >= 0.6 is 0 Å². The number of aryl methyl sites for hydroxylation is 2. The molecule has 11 heteroatoms. The van der Waals surface area contributed by atoms with Gasteiger partial charge in [0.25, 0.3) is 5.91 Å². The normalized spacial score (nSPS) is 14.5. The van der Waals surface area contributed by atoms with Crippen LogP contribution in [-0.4, -0.2) is 59.4 Å². The molecule has 0 spiro atoms. The Morgan fingerprint density at radius 2 is 2.03 bits per heavy atom. The third-order valence-corrected chi connectivity index (χ3v) is 5.66. The van der Waals surface area contributed by atoms with Crippen LogP contribution in [0.15, 0.2) is 43.4 Å². The van der Waals surface area contributed by atoms with Crippen LogP contribution in [0.1, 0.15) is 30.5 Å². The quantitative estimate of drug-likeness (QED) is 0.421. The molecule has 174 valence electrons. The fourth-order valence-electron chi connectivity index (χ4n) is 3.52. The average molecular weight is 460 g/mol. The maximum Gasteiger partial charge on any atom is 0.269 e. The smallest absolute Gasteiger partial charge is 0.269 e. The van der Waals surface area contributed by atoms with Crippen molar-refractivity contribution in [3.8, 4) is 11.6 Å². The number of pyridine rings is 1. The molecule has 0 saturated heterocycles. The third kappa shape index (κ3) is 4.55. The van der Waals surface area contributed by atoms with E-state index in [1.165, 1.54) is 12.5 Å². The number of ether oxygens (including phenoxy) is 2. The molecule has 1 aliphatic carbocycles. The van der Waals surface area contributed by atoms with Crippen molar-refractivity contribution in [3.63, 3.8) is 0 Å². The van der Waals surface area contributed by atoms with Crippen LogP contribution in [-0.2, 0) is 9.53 Å². The predicted molar refractivity (Wildman–Crippen MR) is 123 cm³/mol. The summed E-state index contributed by atoms with van der Waals surface area (Å²) in [7, 11) is 0. The Bertz CT molecular complexity index is 1300. The van der Waals surface area contributed by atoms with E-state index in [0.29, 0.717) is 16.9 Å². The number of fused-ring (bicyclic) bond motifs is 1. The van der Waals surface area contributed by atoms with Crippen molar-refractivity contribution in [2.24, 2.45) is 0 Å². The molecule has 1 amide bonds. The van der Waals surface area contributed by atoms with Gasteiger partial charge < -0.3 is 14.8 Å². The minimum absolute atomic E-state index is 0.0822. The summed E-state index contributed by atoms with van der Waals surface area (Å²) in [4.78, 5) is 34.2. The van der Waals surface area contributed by atoms with E-state index in [0.717, 1.165) is 36.2 Å². The Hall–Kier alpha value is -3.99. The second-order valence-electron chi connectivity index (χ2n) is 8.16. The van der Waals surface area contributed by atoms with Crippen molar-refractivity contribution >= 4 is 22.8 Å². The van der Waals surface area contributed by atoms with Gasteiger partial charge >= 0.3 is 0 Å². The summed E-state index contributed by atoms with van der Waals surface area (Å²) in [6.45, 7) is 3.85. The number of nitrogens with zero attached hydrogens (tertiary/aromatic N) is 7. The molecule has 1 fully saturated rings. The number of hydrogen-bond acceptors (Lipinski definition) is 9. The Kier molecular flexibility index (Phi) is 6.09. The van der Waals surface area contributed by atoms with E-state index in [9.17, 15) is 4.79 Å². The molecule has 1 saturated carbocycles. The summed E-state index contributed by atoms with van der Waals surface area (Å²) in [6, 6.07) is 1.86. The highest BCUT2D eigenvalue weighted by Gasteiger charge is 2.27. The molecule has 1 unspecified atom stereocenters. The number of amides is 1. The maximum absolute atomic E-state index is 13.1. The van der Waals surface area contributed by atoms with Crippen LogP contribution in [0, 0.1) is 13.8 Å². The van der Waals surface area contributed by atoms with Crippen molar-refractivity contribution in [3.05, 3.63) is 54.6 Å². The van der Waals surface area contributed by atoms with Crippen molar-refractivity contribution in [1.29, 1.82) is 0 Å². The van der Waals surface area contributed by atoms with Gasteiger partial charge in [-0.2, -0.15) is 5.10 Å². The minimum Gasteiger partial charge on any atom is -0.461 e. The van der Waals surface area contributed by atoms with Crippen molar-refractivity contribution in [2.45, 2.75) is 45.3 Å². The predicted octanol–water partition coefficient (Wildman–Crippen LogP) is 2.57. The summed E-state index contributed by atoms with van der Waals surface area (Å²) in [5.41, 5.74) is 3.10. The van der Waals surface area contributed by atoms with Crippen LogP contribution in [0.25, 0.3) is 16.7 Å². The maximum atomic E-state index is 13.1. The van der Waals surface area contributed by atoms with Gasteiger partial charge in [-0.3, -0.25) is 14.8 Å². The first-order chi connectivity index (χ1) is 16.6. The first-order valence-electron chi connectivity index (χ1n) is 11.1. The van der Waals surface area contributed by atoms with Crippen LogP contribution < -0.4 is 10.1 Å². The topological polar surface area (TPSA) is 130 Å². The summed E-state index contributed by atoms with van der Waals surface area (Å²) in [5, 5.41) is 7.79. The van der Waals surface area contributed by atoms with Crippen LogP contribution in [0.2, 0.25) is 0 Å². The first-order valence-corrected chi connectivity index (χ1v) is 11.1. The van der Waals surface area contributed by atoms with E-state index in [-0.39, 0.29) is 18.6 Å². The summed E-state index contributed by atoms with van der Waals surface area (Å²) >= 11 is 0. The average Bonchev–Trinajstić information content (AvgIpc) is 3.24. The molecule has 1 atom stereocenters. The monoisotopic (exact) mass is 460 g/mol. The number of rotatable bonds is 8. The number of carbonyl (C=O) groups is 1. The zero-order valence-electron chi connectivity index (χ0n) is 18.9. The zero-order valence-corrected chi connectivity index (χ0v) is 18.9. The Morgan fingerprint density at radius 1 is 1.15 bits per heavy atom. The molecule has 34 heavy (non-hydrogen) atoms. The van der Waals surface area contributed by atoms with Gasteiger partial charge in [0.15, 0.2) is 11.5 Å². The Morgan fingerprint density at radius 3 is 2.76 bits per heavy atom. The van der Waals surface area contributed by atoms with Gasteiger partial charge in [-0.1, -0.05) is 0 Å². The lowest BCUT2D eigenvalue weighted by atomic mass is 9.96. The lowest BCUT2D eigenvalue weighted by Crippen LogP contribution is -2.39. The second kappa shape index (κ2) is 9.48. The molecule has 0 bridgehead atoms. The third-order valence-electron chi connectivity index (χ3n) is 5.66. The van der Waals surface area contributed by atoms with Gasteiger partial charge in [0.1, 0.15) is 11.7 Å². The van der Waals surface area contributed by atoms with E-state index in [2.05, 4.69) is 35.3 Å². The molecular formula is C23H24N8O3. The second-order valence-corrected chi connectivity index (χ2v) is 8.16. The molecule has 11 nitrogen and oxygen atoms in total. The Labute approximate surface area is 195 Å². The van der Waals surface area contributed by atoms with Crippen molar-refractivity contribution in [1.82, 2.24) is 34.7 Å². The number of hydrogen-bond donors (Lipinski definition) is 1. The van der Waals surface area contributed by atoms with Crippen LogP contribution in [0.4, 0.5) is 5.82 Å². The largest absolute Gasteiger partial charge is 0.461 e. The van der Waals surface area contributed by atoms with Gasteiger partial charge in [-0.15, -0.1) is 0 Å². The lowest BCUT2D eigenvalue weighted by molar-refractivity contribution is -0.128. The fraction of sp³-hybridized carbons (Fsp3) is 0.348. The molecule has 0 aromatic carbocycles. The first kappa shape index (κ1) is 21.8. The molecule has 0 aliphatic heterocycles. The Balaban J connectivity index is 1.41. The molecule has 4 heterocycles. The van der Waals surface area contributed by atoms with Gasteiger partial charge in [0.05, 0.1) is 42.7 Å².